The fraction of sp³-hybridized carbons (Fsp3) is 0.571. The van der Waals surface area contributed by atoms with Gasteiger partial charge in [0.1, 0.15) is 12.2 Å². The molecule has 4 unspecified atom stereocenters. The van der Waals surface area contributed by atoms with E-state index in [1.807, 2.05) is 50.3 Å². The second-order valence-electron chi connectivity index (χ2n) is 7.42. The van der Waals surface area contributed by atoms with Crippen molar-refractivity contribution in [1.82, 2.24) is 0 Å². The van der Waals surface area contributed by atoms with E-state index < -0.39 is 24.4 Å². The third kappa shape index (κ3) is 7.24. The van der Waals surface area contributed by atoms with E-state index in [9.17, 15) is 15.0 Å². The van der Waals surface area contributed by atoms with Gasteiger partial charge in [-0.3, -0.25) is 4.79 Å². The first-order valence-corrected chi connectivity index (χ1v) is 11.9. The summed E-state index contributed by atoms with van der Waals surface area (Å²) >= 11 is -0.102. The van der Waals surface area contributed by atoms with Crippen LogP contribution in [0.4, 0.5) is 0 Å². The number of benzene rings is 1. The van der Waals surface area contributed by atoms with Crippen molar-refractivity contribution in [2.45, 2.75) is 69.3 Å². The van der Waals surface area contributed by atoms with Gasteiger partial charge < -0.3 is 9.47 Å². The molecule has 9 nitrogen and oxygen atoms in total. The number of nitrogens with zero attached hydrogens (tertiary/aromatic N) is 3. The molecule has 0 radical (unpaired) electrons. The minimum atomic E-state index is -1.09. The zero-order chi connectivity index (χ0) is 23.0. The predicted molar refractivity (Wildman–Crippen MR) is 116 cm³/mol. The maximum atomic E-state index is 10.7. The molecule has 1 aromatic rings. The molecule has 31 heavy (non-hydrogen) atoms. The standard InChI is InChI=1S/C12H15N3O3Se.C9H14O3/c1-7-10(16)11(17)9(14-15-13)12(18-7)19-8-5-3-2-4-6-8;1-6-4-5-11-7(2)9(6)12-8(3)10/h2-7,9-12,16-17H,1H3;4-7,9H,1-3H3/t7?,9?,10-,11+,12+;6?,7?,9-/m01/s1. The van der Waals surface area contributed by atoms with Gasteiger partial charge in [-0.25, -0.2) is 0 Å². The summed E-state index contributed by atoms with van der Waals surface area (Å²) < 4.78 is 17.1. The van der Waals surface area contributed by atoms with Crippen molar-refractivity contribution in [2.24, 2.45) is 11.0 Å². The molecule has 10 heteroatoms. The summed E-state index contributed by atoms with van der Waals surface area (Å²) in [5, 5.41) is 23.0. The molecule has 0 saturated carbocycles. The van der Waals surface area contributed by atoms with Crippen LogP contribution in [0.1, 0.15) is 27.7 Å². The number of esters is 1. The van der Waals surface area contributed by atoms with Gasteiger partial charge in [-0.1, -0.05) is 6.92 Å². The monoisotopic (exact) mass is 499 g/mol. The number of aliphatic hydroxyl groups is 2. The Labute approximate surface area is 188 Å². The number of azide groups is 1. The number of hydrogen-bond donors (Lipinski definition) is 2. The van der Waals surface area contributed by atoms with E-state index in [-0.39, 0.29) is 44.1 Å². The van der Waals surface area contributed by atoms with Crippen molar-refractivity contribution in [3.63, 3.8) is 0 Å². The zero-order valence-electron chi connectivity index (χ0n) is 17.9. The maximum absolute atomic E-state index is 10.7. The average Bonchev–Trinajstić information content (AvgIpc) is 2.73. The fourth-order valence-electron chi connectivity index (χ4n) is 3.23. The topological polar surface area (TPSA) is 134 Å². The minimum absolute atomic E-state index is 0.0473. The van der Waals surface area contributed by atoms with Crippen LogP contribution in [-0.2, 0) is 19.0 Å². The van der Waals surface area contributed by atoms with Gasteiger partial charge in [0.2, 0.25) is 0 Å². The van der Waals surface area contributed by atoms with Crippen LogP contribution in [0.3, 0.4) is 0 Å². The number of aliphatic hydroxyl groups excluding tert-OH is 2. The number of ether oxygens (including phenoxy) is 3. The van der Waals surface area contributed by atoms with Crippen molar-refractivity contribution in [1.29, 1.82) is 0 Å². The second-order valence-corrected chi connectivity index (χ2v) is 9.88. The van der Waals surface area contributed by atoms with Gasteiger partial charge in [0.25, 0.3) is 0 Å². The van der Waals surface area contributed by atoms with Crippen molar-refractivity contribution in [3.05, 3.63) is 53.1 Å². The molecule has 2 aliphatic rings. The van der Waals surface area contributed by atoms with Gasteiger partial charge in [0.05, 0.1) is 6.26 Å². The molecule has 0 spiro atoms. The van der Waals surface area contributed by atoms with Crippen LogP contribution in [-0.4, -0.2) is 72.7 Å². The number of carbonyl (C=O) groups excluding carboxylic acids is 1. The average molecular weight is 498 g/mol. The van der Waals surface area contributed by atoms with E-state index in [1.54, 1.807) is 13.2 Å². The Morgan fingerprint density at radius 3 is 2.42 bits per heavy atom. The molecular weight excluding hydrogens is 469 g/mol. The van der Waals surface area contributed by atoms with E-state index >= 15 is 0 Å². The second kappa shape index (κ2) is 12.1. The normalized spacial score (nSPS) is 34.4. The van der Waals surface area contributed by atoms with Crippen molar-refractivity contribution in [3.8, 4) is 0 Å². The van der Waals surface area contributed by atoms with Crippen LogP contribution < -0.4 is 4.46 Å². The Balaban J connectivity index is 0.000000245. The first-order chi connectivity index (χ1) is 14.7. The summed E-state index contributed by atoms with van der Waals surface area (Å²) in [4.78, 5) is 13.4. The summed E-state index contributed by atoms with van der Waals surface area (Å²) in [7, 11) is 0. The molecule has 3 rings (SSSR count). The van der Waals surface area contributed by atoms with Crippen LogP contribution in [0.5, 0.6) is 0 Å². The summed E-state index contributed by atoms with van der Waals surface area (Å²) in [6.07, 6.45) is 0.772. The SMILES string of the molecule is CC(=O)O[C@@H]1C(C)C=COC1C.CC1O[C@H]([Se]c2ccccc2)C(N=[N+]=[N-])[C@@H](O)[C@H]1O. The molecule has 0 aliphatic carbocycles. The Kier molecular flexibility index (Phi) is 9.84. The van der Waals surface area contributed by atoms with Crippen LogP contribution in [0.25, 0.3) is 10.4 Å². The Hall–Kier alpha value is -2.06. The number of hydrogen-bond acceptors (Lipinski definition) is 7. The Bertz CT molecular complexity index is 789. The molecule has 170 valence electrons. The van der Waals surface area contributed by atoms with Gasteiger partial charge in [0, 0.05) is 12.8 Å². The molecule has 1 aromatic carbocycles. The first-order valence-electron chi connectivity index (χ1n) is 10.0. The van der Waals surface area contributed by atoms with Gasteiger partial charge in [0.15, 0.2) is 0 Å². The number of rotatable bonds is 4. The Morgan fingerprint density at radius 1 is 1.16 bits per heavy atom. The predicted octanol–water partition coefficient (Wildman–Crippen LogP) is 1.65. The molecule has 1 fully saturated rings. The molecule has 2 aliphatic heterocycles. The third-order valence-corrected chi connectivity index (χ3v) is 7.39. The molecule has 1 saturated heterocycles. The van der Waals surface area contributed by atoms with Crippen molar-refractivity contribution < 1.29 is 29.2 Å². The van der Waals surface area contributed by atoms with Gasteiger partial charge >= 0.3 is 123 Å². The number of carbonyl (C=O) groups is 1. The molecule has 2 heterocycles. The third-order valence-electron chi connectivity index (χ3n) is 4.95. The summed E-state index contributed by atoms with van der Waals surface area (Å²) in [5.41, 5.74) is 8.59. The summed E-state index contributed by atoms with van der Waals surface area (Å²) in [6, 6.07) is 8.97. The van der Waals surface area contributed by atoms with E-state index in [0.29, 0.717) is 0 Å². The molecule has 2 N–H and O–H groups in total. The quantitative estimate of drug-likeness (QED) is 0.213. The molecule has 8 atom stereocenters. The van der Waals surface area contributed by atoms with E-state index in [4.69, 9.17) is 19.7 Å². The van der Waals surface area contributed by atoms with E-state index in [1.165, 1.54) is 6.92 Å². The molecular formula is C21H29N3O6Se. The Morgan fingerprint density at radius 2 is 1.84 bits per heavy atom. The van der Waals surface area contributed by atoms with Crippen LogP contribution in [0.2, 0.25) is 0 Å². The van der Waals surface area contributed by atoms with Gasteiger partial charge in [-0.05, 0) is 13.0 Å². The fourth-order valence-corrected chi connectivity index (χ4v) is 5.68. The van der Waals surface area contributed by atoms with Gasteiger partial charge in [-0.2, -0.15) is 0 Å². The van der Waals surface area contributed by atoms with Crippen molar-refractivity contribution >= 4 is 25.4 Å². The first kappa shape index (κ1) is 25.2. The van der Waals surface area contributed by atoms with Crippen molar-refractivity contribution in [2.75, 3.05) is 0 Å². The van der Waals surface area contributed by atoms with Gasteiger partial charge in [-0.15, -0.1) is 0 Å². The van der Waals surface area contributed by atoms with Crippen LogP contribution >= 0.6 is 0 Å². The van der Waals surface area contributed by atoms with E-state index in [2.05, 4.69) is 10.0 Å². The molecule has 0 amide bonds. The van der Waals surface area contributed by atoms with E-state index in [0.717, 1.165) is 4.46 Å². The summed E-state index contributed by atoms with van der Waals surface area (Å²) in [5.74, 6) is -0.0183. The molecule has 0 bridgehead atoms. The van der Waals surface area contributed by atoms with Crippen LogP contribution in [0, 0.1) is 5.92 Å². The molecule has 0 aromatic heterocycles. The zero-order valence-corrected chi connectivity index (χ0v) is 19.7. The summed E-state index contributed by atoms with van der Waals surface area (Å²) in [6.45, 7) is 7.02. The van der Waals surface area contributed by atoms with Crippen LogP contribution in [0.15, 0.2) is 47.8 Å².